The average molecular weight is 407 g/mol. The zero-order valence-electron chi connectivity index (χ0n) is 16.4. The molecule has 0 aliphatic carbocycles. The van der Waals surface area contributed by atoms with Crippen molar-refractivity contribution in [2.45, 2.75) is 19.4 Å². The summed E-state index contributed by atoms with van der Waals surface area (Å²) in [5.74, 6) is 0.253. The Morgan fingerprint density at radius 2 is 2.04 bits per heavy atom. The Morgan fingerprint density at radius 3 is 2.71 bits per heavy atom. The zero-order chi connectivity index (χ0) is 20.4. The van der Waals surface area contributed by atoms with Gasteiger partial charge in [0.2, 0.25) is 5.91 Å². The molecule has 0 aliphatic rings. The number of thiophene rings is 1. The van der Waals surface area contributed by atoms with Crippen LogP contribution >= 0.6 is 11.3 Å². The fraction of sp³-hybridized carbons (Fsp3) is 0.400. The van der Waals surface area contributed by atoms with Gasteiger partial charge < -0.3 is 20.3 Å². The van der Waals surface area contributed by atoms with Crippen LogP contribution in [0.2, 0.25) is 0 Å². The summed E-state index contributed by atoms with van der Waals surface area (Å²) < 4.78 is 19.3. The number of para-hydroxylation sites is 1. The third-order valence-electron chi connectivity index (χ3n) is 3.84. The molecule has 0 bridgehead atoms. The molecule has 0 fully saturated rings. The number of rotatable bonds is 9. The van der Waals surface area contributed by atoms with E-state index in [1.807, 2.05) is 18.4 Å². The van der Waals surface area contributed by atoms with Gasteiger partial charge in [-0.1, -0.05) is 18.2 Å². The van der Waals surface area contributed by atoms with Crippen LogP contribution in [0.3, 0.4) is 0 Å². The summed E-state index contributed by atoms with van der Waals surface area (Å²) in [5.41, 5.74) is 0. The molecule has 6 nitrogen and oxygen atoms in total. The second-order valence-electron chi connectivity index (χ2n) is 6.45. The van der Waals surface area contributed by atoms with Gasteiger partial charge in [-0.05, 0) is 36.9 Å². The first-order valence-corrected chi connectivity index (χ1v) is 9.99. The summed E-state index contributed by atoms with van der Waals surface area (Å²) in [6, 6.07) is 10.4. The van der Waals surface area contributed by atoms with Crippen molar-refractivity contribution < 1.29 is 13.9 Å². The Balaban J connectivity index is 1.88. The number of carbonyl (C=O) groups is 1. The van der Waals surface area contributed by atoms with Crippen molar-refractivity contribution >= 4 is 23.2 Å². The number of halogens is 1. The molecule has 28 heavy (non-hydrogen) atoms. The number of carbonyl (C=O) groups excluding carboxylic acids is 1. The van der Waals surface area contributed by atoms with Crippen molar-refractivity contribution in [2.75, 3.05) is 33.7 Å². The number of likely N-dealkylation sites (N-methyl/N-ethyl adjacent to an activating group) is 1. The molecule has 1 atom stereocenters. The van der Waals surface area contributed by atoms with Crippen molar-refractivity contribution in [3.63, 3.8) is 0 Å². The number of benzene rings is 1. The molecule has 1 aromatic carbocycles. The highest BCUT2D eigenvalue weighted by atomic mass is 32.1. The number of guanidine groups is 1. The number of nitrogens with one attached hydrogen (secondary N) is 2. The van der Waals surface area contributed by atoms with Crippen LogP contribution in [0.1, 0.15) is 11.8 Å². The van der Waals surface area contributed by atoms with Gasteiger partial charge in [0.25, 0.3) is 0 Å². The first-order valence-electron chi connectivity index (χ1n) is 9.11. The lowest BCUT2D eigenvalue weighted by molar-refractivity contribution is -0.127. The molecule has 0 saturated carbocycles. The average Bonchev–Trinajstić information content (AvgIpc) is 3.18. The summed E-state index contributed by atoms with van der Waals surface area (Å²) in [7, 11) is 3.39. The van der Waals surface area contributed by atoms with Crippen LogP contribution in [0, 0.1) is 5.82 Å². The van der Waals surface area contributed by atoms with E-state index in [0.29, 0.717) is 19.0 Å². The van der Waals surface area contributed by atoms with Gasteiger partial charge in [0.1, 0.15) is 12.6 Å². The van der Waals surface area contributed by atoms with Crippen molar-refractivity contribution in [3.05, 3.63) is 52.5 Å². The molecule has 2 rings (SSSR count). The topological polar surface area (TPSA) is 66.0 Å². The summed E-state index contributed by atoms with van der Waals surface area (Å²) >= 11 is 1.70. The molecule has 1 amide bonds. The van der Waals surface area contributed by atoms with E-state index >= 15 is 0 Å². The predicted octanol–water partition coefficient (Wildman–Crippen LogP) is 2.52. The molecular formula is C20H27FN4O2S. The van der Waals surface area contributed by atoms with E-state index in [1.54, 1.807) is 43.6 Å². The maximum atomic E-state index is 13.7. The van der Waals surface area contributed by atoms with Crippen molar-refractivity contribution in [3.8, 4) is 5.75 Å². The van der Waals surface area contributed by atoms with Crippen LogP contribution in [-0.4, -0.2) is 56.6 Å². The summed E-state index contributed by atoms with van der Waals surface area (Å²) in [6.45, 7) is 2.98. The van der Waals surface area contributed by atoms with Gasteiger partial charge in [-0.15, -0.1) is 11.3 Å². The second kappa shape index (κ2) is 11.3. The fourth-order valence-electron chi connectivity index (χ4n) is 2.26. The molecule has 8 heteroatoms. The Labute approximate surface area is 169 Å². The lowest BCUT2D eigenvalue weighted by Gasteiger charge is -2.18. The Kier molecular flexibility index (Phi) is 8.74. The lowest BCUT2D eigenvalue weighted by Crippen LogP contribution is -2.43. The van der Waals surface area contributed by atoms with Crippen molar-refractivity contribution in [1.82, 2.24) is 15.5 Å². The molecule has 152 valence electrons. The number of hydrogen-bond donors (Lipinski definition) is 2. The number of amides is 1. The normalized spacial score (nSPS) is 12.4. The Hall–Kier alpha value is -2.61. The maximum Gasteiger partial charge on any atom is 0.243 e. The highest BCUT2D eigenvalue weighted by molar-refractivity contribution is 7.09. The van der Waals surface area contributed by atoms with Crippen molar-refractivity contribution in [2.24, 2.45) is 4.99 Å². The maximum absolute atomic E-state index is 13.7. The van der Waals surface area contributed by atoms with E-state index in [0.717, 1.165) is 6.42 Å². The Bertz CT molecular complexity index is 765. The third kappa shape index (κ3) is 7.56. The minimum Gasteiger partial charge on any atom is -0.486 e. The van der Waals surface area contributed by atoms with E-state index in [4.69, 9.17) is 4.74 Å². The van der Waals surface area contributed by atoms with E-state index in [9.17, 15) is 9.18 Å². The summed E-state index contributed by atoms with van der Waals surface area (Å²) in [6.07, 6.45) is 0.576. The predicted molar refractivity (Wildman–Crippen MR) is 112 cm³/mol. The number of ether oxygens (including phenoxy) is 1. The molecule has 0 spiro atoms. The van der Waals surface area contributed by atoms with Crippen LogP contribution in [0.15, 0.2) is 46.8 Å². The number of aliphatic imine (C=N–C) groups is 1. The smallest absolute Gasteiger partial charge is 0.243 e. The van der Waals surface area contributed by atoms with Crippen LogP contribution in [0.5, 0.6) is 5.75 Å². The lowest BCUT2D eigenvalue weighted by atomic mass is 10.3. The molecule has 0 saturated heterocycles. The van der Waals surface area contributed by atoms with E-state index < -0.39 is 5.82 Å². The molecule has 1 aromatic heterocycles. The summed E-state index contributed by atoms with van der Waals surface area (Å²) in [4.78, 5) is 18.9. The van der Waals surface area contributed by atoms with Gasteiger partial charge in [-0.3, -0.25) is 4.79 Å². The third-order valence-corrected chi connectivity index (χ3v) is 4.77. The number of nitrogens with zero attached hydrogens (tertiary/aromatic N) is 2. The highest BCUT2D eigenvalue weighted by Crippen LogP contribution is 2.16. The van der Waals surface area contributed by atoms with Crippen molar-refractivity contribution in [1.29, 1.82) is 0 Å². The molecule has 0 aliphatic heterocycles. The van der Waals surface area contributed by atoms with E-state index in [2.05, 4.69) is 21.7 Å². The minimum atomic E-state index is -0.395. The van der Waals surface area contributed by atoms with Crippen LogP contribution < -0.4 is 15.4 Å². The largest absolute Gasteiger partial charge is 0.486 e. The van der Waals surface area contributed by atoms with Gasteiger partial charge in [0.05, 0.1) is 6.54 Å². The van der Waals surface area contributed by atoms with Gasteiger partial charge in [0.15, 0.2) is 17.5 Å². The van der Waals surface area contributed by atoms with Gasteiger partial charge >= 0.3 is 0 Å². The molecule has 2 N–H and O–H groups in total. The SMILES string of the molecule is CC(CNC(=NCC(=O)N(C)C)NCCc1cccs1)Oc1ccccc1F. The van der Waals surface area contributed by atoms with E-state index in [-0.39, 0.29) is 24.3 Å². The van der Waals surface area contributed by atoms with Crippen LogP contribution in [-0.2, 0) is 11.2 Å². The quantitative estimate of drug-likeness (QED) is 0.496. The second-order valence-corrected chi connectivity index (χ2v) is 7.48. The van der Waals surface area contributed by atoms with Crippen LogP contribution in [0.4, 0.5) is 4.39 Å². The van der Waals surface area contributed by atoms with Gasteiger partial charge in [-0.25, -0.2) is 9.38 Å². The molecule has 2 aromatic rings. The van der Waals surface area contributed by atoms with Gasteiger partial charge in [-0.2, -0.15) is 0 Å². The zero-order valence-corrected chi connectivity index (χ0v) is 17.3. The van der Waals surface area contributed by atoms with Crippen LogP contribution in [0.25, 0.3) is 0 Å². The standard InChI is InChI=1S/C20H27FN4O2S/c1-15(27-18-9-5-4-8-17(18)21)13-23-20(24-14-19(26)25(2)3)22-11-10-16-7-6-12-28-16/h4-9,12,15H,10-11,13-14H2,1-3H3,(H2,22,23,24). The molecule has 0 radical (unpaired) electrons. The molecule has 1 unspecified atom stereocenters. The fourth-order valence-corrected chi connectivity index (χ4v) is 2.97. The Morgan fingerprint density at radius 1 is 1.25 bits per heavy atom. The minimum absolute atomic E-state index is 0.0455. The molecular weight excluding hydrogens is 379 g/mol. The first-order chi connectivity index (χ1) is 13.5. The van der Waals surface area contributed by atoms with E-state index in [1.165, 1.54) is 15.8 Å². The molecule has 1 heterocycles. The highest BCUT2D eigenvalue weighted by Gasteiger charge is 2.10. The first kappa shape index (κ1) is 21.7. The van der Waals surface area contributed by atoms with Gasteiger partial charge in [0, 0.05) is 25.5 Å². The summed E-state index contributed by atoms with van der Waals surface area (Å²) in [5, 5.41) is 8.43. The number of hydrogen-bond acceptors (Lipinski definition) is 4. The monoisotopic (exact) mass is 406 g/mol.